The molecule has 2 aromatic carbocycles. The third-order valence-corrected chi connectivity index (χ3v) is 3.94. The van der Waals surface area contributed by atoms with Gasteiger partial charge >= 0.3 is 0 Å². The first kappa shape index (κ1) is 10.7. The molecule has 0 saturated heterocycles. The van der Waals surface area contributed by atoms with Crippen molar-refractivity contribution in [2.24, 2.45) is 0 Å². The Morgan fingerprint density at radius 2 is 1.84 bits per heavy atom. The van der Waals surface area contributed by atoms with Gasteiger partial charge in [0.2, 0.25) is 6.26 Å². The van der Waals surface area contributed by atoms with Crippen LogP contribution in [-0.4, -0.2) is 0 Å². The second-order valence-electron chi connectivity index (χ2n) is 4.97. The van der Waals surface area contributed by atoms with Gasteiger partial charge in [0.1, 0.15) is 0 Å². The highest BCUT2D eigenvalue weighted by Crippen LogP contribution is 2.45. The summed E-state index contributed by atoms with van der Waals surface area (Å²) in [7, 11) is 0. The minimum absolute atomic E-state index is 0.362. The van der Waals surface area contributed by atoms with E-state index in [0.29, 0.717) is 5.92 Å². The van der Waals surface area contributed by atoms with E-state index in [1.54, 1.807) is 0 Å². The number of benzene rings is 2. The van der Waals surface area contributed by atoms with Gasteiger partial charge in [-0.05, 0) is 30.0 Å². The van der Waals surface area contributed by atoms with Gasteiger partial charge in [-0.3, -0.25) is 9.78 Å². The van der Waals surface area contributed by atoms with Crippen LogP contribution in [0, 0.1) is 6.26 Å². The van der Waals surface area contributed by atoms with Crippen LogP contribution in [0.4, 0.5) is 0 Å². The molecule has 0 spiro atoms. The molecule has 1 aliphatic carbocycles. The fourth-order valence-electron chi connectivity index (χ4n) is 3.04. The molecule has 1 unspecified atom stereocenters. The molecule has 2 nitrogen and oxygen atoms in total. The molecule has 1 atom stereocenters. The molecule has 93 valence electrons. The van der Waals surface area contributed by atoms with E-state index in [9.17, 15) is 0 Å². The summed E-state index contributed by atoms with van der Waals surface area (Å²) in [6.07, 6.45) is 5.18. The highest BCUT2D eigenvalue weighted by Gasteiger charge is 2.30. The summed E-state index contributed by atoms with van der Waals surface area (Å²) >= 11 is 0. The minimum atomic E-state index is 0.362. The van der Waals surface area contributed by atoms with E-state index >= 15 is 0 Å². The number of fused-ring (bicyclic) bond motifs is 2. The number of rotatable bonds is 1. The van der Waals surface area contributed by atoms with Crippen molar-refractivity contribution in [3.63, 3.8) is 0 Å². The van der Waals surface area contributed by atoms with Gasteiger partial charge in [0.15, 0.2) is 5.75 Å². The van der Waals surface area contributed by atoms with E-state index in [0.717, 1.165) is 29.7 Å². The monoisotopic (exact) mass is 249 g/mol. The molecule has 1 radical (unpaired) electrons. The molecule has 19 heavy (non-hydrogen) atoms. The minimum Gasteiger partial charge on any atom is -0.289 e. The topological polar surface area (TPSA) is 18.5 Å². The van der Waals surface area contributed by atoms with Crippen LogP contribution < -0.4 is 4.89 Å². The third kappa shape index (κ3) is 1.64. The molecule has 0 amide bonds. The fraction of sp³-hybridized carbons (Fsp3) is 0.176. The molecule has 2 aromatic rings. The van der Waals surface area contributed by atoms with Gasteiger partial charge < -0.3 is 0 Å². The number of hydrogen-bond acceptors (Lipinski definition) is 2. The standard InChI is InChI=1S/C17H13O2/c1-2-6-13-12(5-1)9-10-14(13)16-11-18-19-17-8-4-3-7-15(16)17/h1-8,14H,9-10H2. The van der Waals surface area contributed by atoms with Crippen LogP contribution in [-0.2, 0) is 11.3 Å². The molecule has 0 bridgehead atoms. The number of para-hydroxylation sites is 1. The fourth-order valence-corrected chi connectivity index (χ4v) is 3.04. The largest absolute Gasteiger partial charge is 0.289 e. The van der Waals surface area contributed by atoms with Gasteiger partial charge in [0.25, 0.3) is 0 Å². The first-order chi connectivity index (χ1) is 9.43. The average molecular weight is 249 g/mol. The van der Waals surface area contributed by atoms with Crippen LogP contribution in [0.15, 0.2) is 48.5 Å². The van der Waals surface area contributed by atoms with Gasteiger partial charge in [0, 0.05) is 17.1 Å². The first-order valence-electron chi connectivity index (χ1n) is 6.57. The first-order valence-corrected chi connectivity index (χ1v) is 6.57. The maximum atomic E-state index is 5.17. The van der Waals surface area contributed by atoms with Crippen LogP contribution >= 0.6 is 0 Å². The quantitative estimate of drug-likeness (QED) is 0.714. The van der Waals surface area contributed by atoms with Crippen LogP contribution in [0.2, 0.25) is 0 Å². The Balaban J connectivity index is 1.81. The predicted octanol–water partition coefficient (Wildman–Crippen LogP) is 3.88. The Morgan fingerprint density at radius 3 is 2.84 bits per heavy atom. The highest BCUT2D eigenvalue weighted by molar-refractivity contribution is 5.75. The zero-order valence-electron chi connectivity index (χ0n) is 10.4. The summed E-state index contributed by atoms with van der Waals surface area (Å²) in [5.74, 6) is 1.14. The molecule has 2 heteroatoms. The van der Waals surface area contributed by atoms with Gasteiger partial charge in [-0.2, -0.15) is 0 Å². The third-order valence-electron chi connectivity index (χ3n) is 3.94. The summed E-state index contributed by atoms with van der Waals surface area (Å²) in [5, 5.41) is 0. The van der Waals surface area contributed by atoms with E-state index in [1.165, 1.54) is 11.1 Å². The smallest absolute Gasteiger partial charge is 0.230 e. The summed E-state index contributed by atoms with van der Waals surface area (Å²) in [5.41, 5.74) is 5.03. The van der Waals surface area contributed by atoms with Gasteiger partial charge in [-0.15, -0.1) is 0 Å². The molecular formula is C17H13O2. The Hall–Kier alpha value is -2.22. The van der Waals surface area contributed by atoms with Gasteiger partial charge in [-0.1, -0.05) is 42.5 Å². The summed E-state index contributed by atoms with van der Waals surface area (Å²) in [6, 6.07) is 16.6. The number of allylic oxidation sites excluding steroid dienone is 1. The molecule has 1 aliphatic heterocycles. The predicted molar refractivity (Wildman–Crippen MR) is 72.3 cm³/mol. The van der Waals surface area contributed by atoms with E-state index in [-0.39, 0.29) is 0 Å². The van der Waals surface area contributed by atoms with Crippen LogP contribution in [0.1, 0.15) is 29.0 Å². The lowest BCUT2D eigenvalue weighted by atomic mass is 9.88. The van der Waals surface area contributed by atoms with E-state index < -0.39 is 0 Å². The average Bonchev–Trinajstić information content (AvgIpc) is 2.90. The lowest BCUT2D eigenvalue weighted by Crippen LogP contribution is -2.07. The van der Waals surface area contributed by atoms with Crippen LogP contribution in [0.3, 0.4) is 0 Å². The molecule has 0 saturated carbocycles. The van der Waals surface area contributed by atoms with Crippen molar-refractivity contribution in [3.8, 4) is 5.75 Å². The Kier molecular flexibility index (Phi) is 2.34. The zero-order chi connectivity index (χ0) is 12.7. The van der Waals surface area contributed by atoms with Gasteiger partial charge in [-0.25, -0.2) is 0 Å². The SMILES string of the molecule is [C]1=C(C2CCc3ccccc32)c2ccccc2OO1. The van der Waals surface area contributed by atoms with Crippen molar-refractivity contribution in [1.29, 1.82) is 0 Å². The molecule has 0 fully saturated rings. The van der Waals surface area contributed by atoms with Crippen molar-refractivity contribution < 1.29 is 9.78 Å². The van der Waals surface area contributed by atoms with E-state index in [2.05, 4.69) is 36.6 Å². The van der Waals surface area contributed by atoms with Crippen LogP contribution in [0.25, 0.3) is 5.57 Å². The van der Waals surface area contributed by atoms with Gasteiger partial charge in [0.05, 0.1) is 0 Å². The number of aryl methyl sites for hydroxylation is 1. The van der Waals surface area contributed by atoms with E-state index in [4.69, 9.17) is 9.78 Å². The van der Waals surface area contributed by atoms with Crippen molar-refractivity contribution >= 4 is 5.57 Å². The maximum absolute atomic E-state index is 5.17. The Labute approximate surface area is 112 Å². The molecule has 0 N–H and O–H groups in total. The normalized spacial score (nSPS) is 19.8. The second-order valence-corrected chi connectivity index (χ2v) is 4.97. The summed E-state index contributed by atoms with van der Waals surface area (Å²) in [6.45, 7) is 0. The number of hydrogen-bond donors (Lipinski definition) is 0. The Morgan fingerprint density at radius 1 is 1.00 bits per heavy atom. The summed E-state index contributed by atoms with van der Waals surface area (Å²) < 4.78 is 0. The van der Waals surface area contributed by atoms with Crippen molar-refractivity contribution in [1.82, 2.24) is 0 Å². The van der Waals surface area contributed by atoms with E-state index in [1.807, 2.05) is 18.2 Å². The molecule has 1 heterocycles. The molecular weight excluding hydrogens is 236 g/mol. The molecule has 4 rings (SSSR count). The zero-order valence-corrected chi connectivity index (χ0v) is 10.4. The maximum Gasteiger partial charge on any atom is 0.230 e. The van der Waals surface area contributed by atoms with Crippen molar-refractivity contribution in [2.45, 2.75) is 18.8 Å². The lowest BCUT2D eigenvalue weighted by molar-refractivity contribution is -0.163. The van der Waals surface area contributed by atoms with Crippen LogP contribution in [0.5, 0.6) is 5.75 Å². The molecule has 0 aromatic heterocycles. The highest BCUT2D eigenvalue weighted by atomic mass is 17.2. The second kappa shape index (κ2) is 4.16. The van der Waals surface area contributed by atoms with Crippen molar-refractivity contribution in [3.05, 3.63) is 71.5 Å². The lowest BCUT2D eigenvalue weighted by Gasteiger charge is -2.21. The molecule has 2 aliphatic rings. The Bertz CT molecular complexity index is 658. The van der Waals surface area contributed by atoms with Crippen molar-refractivity contribution in [2.75, 3.05) is 0 Å². The summed E-state index contributed by atoms with van der Waals surface area (Å²) in [4.78, 5) is 10.2.